The molecule has 0 aromatic heterocycles. The number of nitrogens with two attached hydrogens (primary N) is 1. The summed E-state index contributed by atoms with van der Waals surface area (Å²) in [5.74, 6) is -1.07. The van der Waals surface area contributed by atoms with Crippen molar-refractivity contribution >= 4 is 17.5 Å². The quantitative estimate of drug-likeness (QED) is 0.411. The van der Waals surface area contributed by atoms with Gasteiger partial charge in [0, 0.05) is 30.8 Å². The van der Waals surface area contributed by atoms with E-state index in [-0.39, 0.29) is 24.7 Å². The summed E-state index contributed by atoms with van der Waals surface area (Å²) in [4.78, 5) is 25.3. The molecule has 2 heterocycles. The Bertz CT molecular complexity index is 710. The molecule has 0 aliphatic carbocycles. The van der Waals surface area contributed by atoms with Crippen LogP contribution in [0.1, 0.15) is 25.7 Å². The van der Waals surface area contributed by atoms with Gasteiger partial charge in [0.05, 0.1) is 13.2 Å². The van der Waals surface area contributed by atoms with Crippen LogP contribution in [0.15, 0.2) is 18.2 Å². The topological polar surface area (TPSA) is 106 Å². The van der Waals surface area contributed by atoms with Gasteiger partial charge in [-0.3, -0.25) is 14.9 Å². The van der Waals surface area contributed by atoms with Crippen molar-refractivity contribution in [1.82, 2.24) is 10.2 Å². The molecule has 1 aromatic rings. The van der Waals surface area contributed by atoms with E-state index in [2.05, 4.69) is 15.5 Å². The number of rotatable bonds is 9. The van der Waals surface area contributed by atoms with Crippen LogP contribution in [0.3, 0.4) is 0 Å². The average molecular weight is 408 g/mol. The highest BCUT2D eigenvalue weighted by Crippen LogP contribution is 2.22. The molecule has 3 rings (SSSR count). The van der Waals surface area contributed by atoms with Crippen molar-refractivity contribution < 1.29 is 23.5 Å². The molecule has 4 N–H and O–H groups in total. The Labute approximate surface area is 169 Å². The first-order valence-electron chi connectivity index (χ1n) is 10.1. The summed E-state index contributed by atoms with van der Waals surface area (Å²) in [6.07, 6.45) is 2.69. The first kappa shape index (κ1) is 21.5. The Hall–Kier alpha value is -2.23. The van der Waals surface area contributed by atoms with Crippen LogP contribution in [0, 0.1) is 5.82 Å². The van der Waals surface area contributed by atoms with Crippen LogP contribution in [-0.4, -0.2) is 68.3 Å². The van der Waals surface area contributed by atoms with E-state index in [0.29, 0.717) is 31.4 Å². The van der Waals surface area contributed by atoms with E-state index >= 15 is 0 Å². The second-order valence-corrected chi connectivity index (χ2v) is 7.43. The number of likely N-dealkylation sites (tertiary alicyclic amines) is 1. The second-order valence-electron chi connectivity index (χ2n) is 7.43. The number of imide groups is 1. The molecule has 2 saturated heterocycles. The molecule has 29 heavy (non-hydrogen) atoms. The number of amides is 2. The lowest BCUT2D eigenvalue weighted by Gasteiger charge is -2.29. The summed E-state index contributed by atoms with van der Waals surface area (Å²) in [7, 11) is 0. The zero-order chi connectivity index (χ0) is 20.6. The number of benzene rings is 1. The van der Waals surface area contributed by atoms with Crippen molar-refractivity contribution in [3.8, 4) is 5.75 Å². The van der Waals surface area contributed by atoms with E-state index in [1.165, 1.54) is 12.1 Å². The van der Waals surface area contributed by atoms with Crippen molar-refractivity contribution in [3.05, 3.63) is 24.0 Å². The van der Waals surface area contributed by atoms with Crippen LogP contribution in [0.25, 0.3) is 0 Å². The van der Waals surface area contributed by atoms with Crippen LogP contribution >= 0.6 is 0 Å². The molecule has 2 fully saturated rings. The molecule has 0 radical (unpaired) electrons. The Balaban J connectivity index is 1.34. The lowest BCUT2D eigenvalue weighted by atomic mass is 10.1. The molecule has 2 aliphatic heterocycles. The minimum absolute atomic E-state index is 0.132. The van der Waals surface area contributed by atoms with E-state index in [1.807, 2.05) is 0 Å². The second kappa shape index (κ2) is 10.5. The number of nitrogens with zero attached hydrogens (tertiary/aromatic N) is 1. The number of halogens is 1. The molecule has 1 atom stereocenters. The van der Waals surface area contributed by atoms with E-state index < -0.39 is 17.8 Å². The Morgan fingerprint density at radius 1 is 1.17 bits per heavy atom. The molecular formula is C20H29FN4O4. The Morgan fingerprint density at radius 2 is 1.97 bits per heavy atom. The number of anilines is 1. The van der Waals surface area contributed by atoms with Gasteiger partial charge in [0.25, 0.3) is 0 Å². The molecule has 160 valence electrons. The van der Waals surface area contributed by atoms with Gasteiger partial charge in [-0.05, 0) is 44.5 Å². The van der Waals surface area contributed by atoms with Gasteiger partial charge < -0.3 is 25.4 Å². The van der Waals surface area contributed by atoms with Gasteiger partial charge in [-0.15, -0.1) is 0 Å². The molecule has 0 saturated carbocycles. The smallest absolute Gasteiger partial charge is 0.249 e. The highest BCUT2D eigenvalue weighted by molar-refractivity contribution is 6.01. The summed E-state index contributed by atoms with van der Waals surface area (Å²) in [5, 5.41) is 5.20. The fourth-order valence-electron chi connectivity index (χ4n) is 3.42. The third-order valence-corrected chi connectivity index (χ3v) is 5.18. The number of nitrogens with one attached hydrogen (secondary N) is 2. The van der Waals surface area contributed by atoms with Crippen LogP contribution in [0.5, 0.6) is 5.75 Å². The summed E-state index contributed by atoms with van der Waals surface area (Å²) in [5.41, 5.74) is 6.35. The fraction of sp³-hybridized carbons (Fsp3) is 0.600. The van der Waals surface area contributed by atoms with Gasteiger partial charge in [0.15, 0.2) is 11.6 Å². The van der Waals surface area contributed by atoms with E-state index in [4.69, 9.17) is 15.2 Å². The molecule has 2 amide bonds. The first-order valence-corrected chi connectivity index (χ1v) is 10.1. The summed E-state index contributed by atoms with van der Waals surface area (Å²) < 4.78 is 25.2. The van der Waals surface area contributed by atoms with Crippen LogP contribution in [0.2, 0.25) is 0 Å². The monoisotopic (exact) mass is 408 g/mol. The zero-order valence-corrected chi connectivity index (χ0v) is 16.5. The molecule has 0 bridgehead atoms. The van der Waals surface area contributed by atoms with Crippen molar-refractivity contribution in [2.24, 2.45) is 5.73 Å². The minimum Gasteiger partial charge on any atom is -0.488 e. The van der Waals surface area contributed by atoms with Gasteiger partial charge in [0.1, 0.15) is 12.6 Å². The van der Waals surface area contributed by atoms with Crippen molar-refractivity contribution in [2.75, 3.05) is 44.8 Å². The molecule has 0 spiro atoms. The molecule has 8 nitrogen and oxygen atoms in total. The van der Waals surface area contributed by atoms with Crippen LogP contribution < -0.4 is 21.1 Å². The predicted molar refractivity (Wildman–Crippen MR) is 106 cm³/mol. The number of carbonyl (C=O) groups excluding carboxylic acids is 2. The lowest BCUT2D eigenvalue weighted by molar-refractivity contribution is -0.133. The van der Waals surface area contributed by atoms with Crippen molar-refractivity contribution in [3.63, 3.8) is 0 Å². The van der Waals surface area contributed by atoms with Crippen molar-refractivity contribution in [2.45, 2.75) is 37.8 Å². The Morgan fingerprint density at radius 3 is 2.69 bits per heavy atom. The number of piperidine rings is 2. The van der Waals surface area contributed by atoms with E-state index in [1.54, 1.807) is 6.07 Å². The molecule has 2 aliphatic rings. The van der Waals surface area contributed by atoms with Gasteiger partial charge in [-0.25, -0.2) is 4.39 Å². The average Bonchev–Trinajstić information content (AvgIpc) is 2.69. The molecule has 1 aromatic carbocycles. The predicted octanol–water partition coefficient (Wildman–Crippen LogP) is 0.861. The number of ether oxygens (including phenoxy) is 2. The normalized spacial score (nSPS) is 21.1. The number of hydrogen-bond donors (Lipinski definition) is 3. The largest absolute Gasteiger partial charge is 0.488 e. The van der Waals surface area contributed by atoms with Gasteiger partial charge in [-0.1, -0.05) is 0 Å². The highest BCUT2D eigenvalue weighted by atomic mass is 19.1. The maximum Gasteiger partial charge on any atom is 0.249 e. The lowest BCUT2D eigenvalue weighted by Crippen LogP contribution is -2.47. The van der Waals surface area contributed by atoms with Crippen LogP contribution in [0.4, 0.5) is 10.1 Å². The van der Waals surface area contributed by atoms with Gasteiger partial charge >= 0.3 is 0 Å². The fourth-order valence-corrected chi connectivity index (χ4v) is 3.42. The highest BCUT2D eigenvalue weighted by Gasteiger charge is 2.26. The Kier molecular flexibility index (Phi) is 7.79. The summed E-state index contributed by atoms with van der Waals surface area (Å²) in [6, 6.07) is 4.20. The number of hydrogen-bond acceptors (Lipinski definition) is 7. The van der Waals surface area contributed by atoms with Gasteiger partial charge in [0.2, 0.25) is 11.8 Å². The maximum absolute atomic E-state index is 14.2. The standard InChI is InChI=1S/C20H29FN4O4/c21-16-13-15(23-17-2-4-19(26)24-20(17)27)1-3-18(16)29-12-11-28-10-9-25-7-5-14(22)6-8-25/h1,3,13-14,17,23H,2,4-12,22H2,(H,24,26,27). The third kappa shape index (κ3) is 6.66. The molecule has 9 heteroatoms. The number of carbonyl (C=O) groups is 2. The summed E-state index contributed by atoms with van der Waals surface area (Å²) in [6.45, 7) is 4.11. The molecule has 1 unspecified atom stereocenters. The summed E-state index contributed by atoms with van der Waals surface area (Å²) >= 11 is 0. The first-order chi connectivity index (χ1) is 14.0. The van der Waals surface area contributed by atoms with Crippen LogP contribution in [-0.2, 0) is 14.3 Å². The van der Waals surface area contributed by atoms with Crippen molar-refractivity contribution in [1.29, 1.82) is 0 Å². The minimum atomic E-state index is -0.553. The third-order valence-electron chi connectivity index (χ3n) is 5.18. The molecular weight excluding hydrogens is 379 g/mol. The zero-order valence-electron chi connectivity index (χ0n) is 16.5. The van der Waals surface area contributed by atoms with E-state index in [9.17, 15) is 14.0 Å². The van der Waals surface area contributed by atoms with E-state index in [0.717, 1.165) is 32.5 Å². The maximum atomic E-state index is 14.2. The van der Waals surface area contributed by atoms with Gasteiger partial charge in [-0.2, -0.15) is 0 Å². The SMILES string of the molecule is NC1CCN(CCOCCOc2ccc(NC3CCC(=O)NC3=O)cc2F)CC1.